The molecular weight excluding hydrogens is 448 g/mol. The van der Waals surface area contributed by atoms with Crippen LogP contribution in [-0.4, -0.2) is 57.2 Å². The first kappa shape index (κ1) is 25.1. The predicted molar refractivity (Wildman–Crippen MR) is 129 cm³/mol. The fourth-order valence-corrected chi connectivity index (χ4v) is 4.90. The highest BCUT2D eigenvalue weighted by molar-refractivity contribution is 5.80. The van der Waals surface area contributed by atoms with Gasteiger partial charge in [0.05, 0.1) is 47.1 Å². The second-order valence-corrected chi connectivity index (χ2v) is 10.6. The van der Waals surface area contributed by atoms with Gasteiger partial charge in [-0.1, -0.05) is 6.92 Å². The largest absolute Gasteiger partial charge is 0.478 e. The van der Waals surface area contributed by atoms with Crippen molar-refractivity contribution >= 4 is 17.1 Å². The van der Waals surface area contributed by atoms with E-state index in [1.165, 1.54) is 6.20 Å². The first-order valence-corrected chi connectivity index (χ1v) is 12.2. The molecule has 1 unspecified atom stereocenters. The molecular formula is C26H34N4O5. The molecule has 2 aromatic rings. The van der Waals surface area contributed by atoms with Crippen molar-refractivity contribution in [1.29, 1.82) is 5.26 Å². The molecule has 4 heterocycles. The van der Waals surface area contributed by atoms with Crippen molar-refractivity contribution in [3.05, 3.63) is 29.5 Å². The molecule has 0 radical (unpaired) electrons. The molecule has 3 fully saturated rings. The summed E-state index contributed by atoms with van der Waals surface area (Å²) >= 11 is 0. The Kier molecular flexibility index (Phi) is 6.89. The number of aliphatic hydroxyl groups is 1. The van der Waals surface area contributed by atoms with Crippen molar-refractivity contribution in [2.24, 2.45) is 0 Å². The number of ether oxygens (including phenoxy) is 3. The van der Waals surface area contributed by atoms with Gasteiger partial charge in [0.2, 0.25) is 5.88 Å². The van der Waals surface area contributed by atoms with Gasteiger partial charge in [-0.2, -0.15) is 5.26 Å². The molecule has 0 spiro atoms. The van der Waals surface area contributed by atoms with Gasteiger partial charge in [0.15, 0.2) is 0 Å². The van der Waals surface area contributed by atoms with Crippen LogP contribution < -0.4 is 10.1 Å². The Labute approximate surface area is 205 Å². The Hall–Kier alpha value is -2.96. The smallest absolute Gasteiger partial charge is 0.408 e. The average Bonchev–Trinajstić information content (AvgIpc) is 2.82. The van der Waals surface area contributed by atoms with Crippen molar-refractivity contribution in [2.75, 3.05) is 13.2 Å². The zero-order valence-corrected chi connectivity index (χ0v) is 20.9. The molecule has 2 aliphatic heterocycles. The number of carbonyl (C=O) groups is 1. The molecule has 188 valence electrons. The lowest BCUT2D eigenvalue weighted by Crippen LogP contribution is -2.66. The van der Waals surface area contributed by atoms with Gasteiger partial charge in [-0.15, -0.1) is 0 Å². The summed E-state index contributed by atoms with van der Waals surface area (Å²) in [6.45, 7) is 8.35. The predicted octanol–water partition coefficient (Wildman–Crippen LogP) is 3.80. The Balaban J connectivity index is 1.52. The molecule has 9 nitrogen and oxygen atoms in total. The second-order valence-electron chi connectivity index (χ2n) is 10.6. The van der Waals surface area contributed by atoms with Crippen LogP contribution in [-0.2, 0) is 15.9 Å². The first-order valence-electron chi connectivity index (χ1n) is 12.2. The molecule has 0 aromatic carbocycles. The van der Waals surface area contributed by atoms with Crippen molar-refractivity contribution in [3.63, 3.8) is 0 Å². The summed E-state index contributed by atoms with van der Waals surface area (Å²) in [5.41, 5.74) is 0.405. The van der Waals surface area contributed by atoms with Gasteiger partial charge in [0.25, 0.3) is 0 Å². The maximum atomic E-state index is 12.4. The molecule has 2 saturated heterocycles. The summed E-state index contributed by atoms with van der Waals surface area (Å²) in [5, 5.41) is 24.1. The van der Waals surface area contributed by atoms with Gasteiger partial charge in [0.1, 0.15) is 11.7 Å². The fourth-order valence-electron chi connectivity index (χ4n) is 4.90. The van der Waals surface area contributed by atoms with Crippen LogP contribution in [0, 0.1) is 11.3 Å². The second kappa shape index (κ2) is 9.59. The third-order valence-corrected chi connectivity index (χ3v) is 6.83. The van der Waals surface area contributed by atoms with Crippen LogP contribution in [0.4, 0.5) is 4.79 Å². The molecule has 9 heteroatoms. The molecule has 2 bridgehead atoms. The first-order chi connectivity index (χ1) is 16.6. The molecule has 2 aromatic heterocycles. The van der Waals surface area contributed by atoms with Crippen LogP contribution in [0.3, 0.4) is 0 Å². The number of aliphatic hydroxyl groups excluding tert-OH is 1. The SMILES string of the molecule is CCCOc1ccc2ncc(C#N)c(CC(O)C34CCC(NC(=O)OC(C)(C)C)(CC3)CO4)c2n1. The monoisotopic (exact) mass is 482 g/mol. The van der Waals surface area contributed by atoms with E-state index >= 15 is 0 Å². The van der Waals surface area contributed by atoms with Crippen molar-refractivity contribution in [1.82, 2.24) is 15.3 Å². The number of rotatable bonds is 7. The van der Waals surface area contributed by atoms with Crippen LogP contribution >= 0.6 is 0 Å². The summed E-state index contributed by atoms with van der Waals surface area (Å²) in [5.74, 6) is 0.467. The maximum Gasteiger partial charge on any atom is 0.408 e. The summed E-state index contributed by atoms with van der Waals surface area (Å²) in [6.07, 6.45) is 3.82. The van der Waals surface area contributed by atoms with E-state index in [1.54, 1.807) is 6.07 Å². The van der Waals surface area contributed by atoms with E-state index in [4.69, 9.17) is 14.2 Å². The van der Waals surface area contributed by atoms with Crippen molar-refractivity contribution in [2.45, 2.75) is 89.1 Å². The number of pyridine rings is 2. The Bertz CT molecular complexity index is 1110. The summed E-state index contributed by atoms with van der Waals surface area (Å²) in [7, 11) is 0. The Morgan fingerprint density at radius 2 is 2.06 bits per heavy atom. The van der Waals surface area contributed by atoms with Crippen LogP contribution in [0.25, 0.3) is 11.0 Å². The standard InChI is InChI=1S/C26H34N4O5/c1-5-12-33-21-7-6-19-22(29-21)18(17(14-27)15-28-19)13-20(31)26-10-8-25(9-11-26,16-34-26)30-23(32)35-24(2,3)4/h6-7,15,20,31H,5,8-13,16H2,1-4H3,(H,30,32). The van der Waals surface area contributed by atoms with Crippen LogP contribution in [0.5, 0.6) is 5.88 Å². The summed E-state index contributed by atoms with van der Waals surface area (Å²) in [6, 6.07) is 5.77. The summed E-state index contributed by atoms with van der Waals surface area (Å²) < 4.78 is 17.3. The zero-order chi connectivity index (χ0) is 25.3. The molecule has 1 amide bonds. The number of alkyl carbamates (subject to hydrolysis) is 1. The Morgan fingerprint density at radius 1 is 1.31 bits per heavy atom. The van der Waals surface area contributed by atoms with Gasteiger partial charge in [-0.25, -0.2) is 9.78 Å². The van der Waals surface area contributed by atoms with Gasteiger partial charge < -0.3 is 24.6 Å². The van der Waals surface area contributed by atoms with Gasteiger partial charge >= 0.3 is 6.09 Å². The normalized spacial score (nSPS) is 24.6. The van der Waals surface area contributed by atoms with E-state index in [0.29, 0.717) is 66.9 Å². The molecule has 1 aliphatic carbocycles. The van der Waals surface area contributed by atoms with Gasteiger partial charge in [-0.05, 0) is 58.9 Å². The van der Waals surface area contributed by atoms with E-state index in [9.17, 15) is 15.2 Å². The van der Waals surface area contributed by atoms with Crippen molar-refractivity contribution < 1.29 is 24.1 Å². The quantitative estimate of drug-likeness (QED) is 0.610. The van der Waals surface area contributed by atoms with E-state index in [-0.39, 0.29) is 6.42 Å². The molecule has 3 aliphatic rings. The molecule has 1 atom stereocenters. The minimum absolute atomic E-state index is 0.207. The minimum Gasteiger partial charge on any atom is -0.478 e. The van der Waals surface area contributed by atoms with Gasteiger partial charge in [-0.3, -0.25) is 4.98 Å². The van der Waals surface area contributed by atoms with E-state index < -0.39 is 28.9 Å². The lowest BCUT2D eigenvalue weighted by molar-refractivity contribution is -0.206. The van der Waals surface area contributed by atoms with E-state index in [2.05, 4.69) is 21.4 Å². The minimum atomic E-state index is -0.845. The highest BCUT2D eigenvalue weighted by atomic mass is 16.6. The highest BCUT2D eigenvalue weighted by Crippen LogP contribution is 2.46. The van der Waals surface area contributed by atoms with Crippen LogP contribution in [0.2, 0.25) is 0 Å². The third kappa shape index (κ3) is 5.34. The Morgan fingerprint density at radius 3 is 2.66 bits per heavy atom. The average molecular weight is 483 g/mol. The number of hydrogen-bond donors (Lipinski definition) is 2. The molecule has 5 rings (SSSR count). The molecule has 2 N–H and O–H groups in total. The number of fused-ring (bicyclic) bond motifs is 4. The number of nitrogens with one attached hydrogen (secondary N) is 1. The molecule has 1 saturated carbocycles. The number of nitriles is 1. The molecule has 35 heavy (non-hydrogen) atoms. The lowest BCUT2D eigenvalue weighted by Gasteiger charge is -2.54. The van der Waals surface area contributed by atoms with E-state index in [0.717, 1.165) is 6.42 Å². The number of nitrogens with zero attached hydrogens (tertiary/aromatic N) is 3. The number of aromatic nitrogens is 2. The third-order valence-electron chi connectivity index (χ3n) is 6.83. The fraction of sp³-hybridized carbons (Fsp3) is 0.615. The van der Waals surface area contributed by atoms with Crippen molar-refractivity contribution in [3.8, 4) is 11.9 Å². The highest BCUT2D eigenvalue weighted by Gasteiger charge is 2.54. The number of amides is 1. The summed E-state index contributed by atoms with van der Waals surface area (Å²) in [4.78, 5) is 21.3. The number of carbonyl (C=O) groups excluding carboxylic acids is 1. The van der Waals surface area contributed by atoms with Gasteiger partial charge in [0, 0.05) is 24.2 Å². The lowest BCUT2D eigenvalue weighted by atomic mass is 9.68. The van der Waals surface area contributed by atoms with Crippen LogP contribution in [0.1, 0.15) is 70.9 Å². The number of hydrogen-bond acceptors (Lipinski definition) is 8. The van der Waals surface area contributed by atoms with E-state index in [1.807, 2.05) is 33.8 Å². The topological polar surface area (TPSA) is 127 Å². The van der Waals surface area contributed by atoms with Crippen LogP contribution in [0.15, 0.2) is 18.3 Å². The maximum absolute atomic E-state index is 12.4. The zero-order valence-electron chi connectivity index (χ0n) is 20.9.